The molecule has 0 saturated carbocycles. The number of aromatic nitrogens is 2. The summed E-state index contributed by atoms with van der Waals surface area (Å²) in [6.07, 6.45) is 2.43. The maximum Gasteiger partial charge on any atom is 0.329 e. The molecule has 1 aliphatic heterocycles. The van der Waals surface area contributed by atoms with Crippen molar-refractivity contribution in [3.8, 4) is 5.75 Å². The number of hydrogen-bond acceptors (Lipinski definition) is 5. The lowest BCUT2D eigenvalue weighted by atomic mass is 10.3. The Morgan fingerprint density at radius 2 is 1.71 bits per heavy atom. The standard InChI is InChI=1S/C24H30N4O5S/c1-3-13-27-19-9-5-6-10-20(19)28(24(27)30)17-23(29)25-18-11-12-21(33-4-2)22(16-18)34(31,32)26-14-7-8-15-26/h5-6,9-12,16H,3-4,7-8,13-15,17H2,1-2H3,(H,25,29). The number of imidazole rings is 1. The largest absolute Gasteiger partial charge is 0.492 e. The summed E-state index contributed by atoms with van der Waals surface area (Å²) in [4.78, 5) is 25.9. The lowest BCUT2D eigenvalue weighted by Gasteiger charge is -2.19. The molecule has 1 amide bonds. The minimum absolute atomic E-state index is 0.0331. The molecule has 1 N–H and O–H groups in total. The quantitative estimate of drug-likeness (QED) is 0.501. The molecular weight excluding hydrogens is 456 g/mol. The van der Waals surface area contributed by atoms with Crippen molar-refractivity contribution in [1.82, 2.24) is 13.4 Å². The van der Waals surface area contributed by atoms with Crippen LogP contribution in [-0.2, 0) is 27.9 Å². The van der Waals surface area contributed by atoms with Crippen molar-refractivity contribution in [2.75, 3.05) is 25.0 Å². The Morgan fingerprint density at radius 1 is 1.03 bits per heavy atom. The highest BCUT2D eigenvalue weighted by atomic mass is 32.2. The number of carbonyl (C=O) groups excluding carboxylic acids is 1. The first-order valence-corrected chi connectivity index (χ1v) is 13.1. The van der Waals surface area contributed by atoms with E-state index in [4.69, 9.17) is 4.74 Å². The summed E-state index contributed by atoms with van der Waals surface area (Å²) in [6.45, 7) is 5.41. The first-order chi connectivity index (χ1) is 16.4. The predicted molar refractivity (Wildman–Crippen MR) is 131 cm³/mol. The molecule has 182 valence electrons. The fraction of sp³-hybridized carbons (Fsp3) is 0.417. The number of hydrogen-bond donors (Lipinski definition) is 1. The zero-order valence-electron chi connectivity index (χ0n) is 19.5. The number of fused-ring (bicyclic) bond motifs is 1. The molecule has 1 saturated heterocycles. The van der Waals surface area contributed by atoms with Gasteiger partial charge in [-0.05, 0) is 56.5 Å². The van der Waals surface area contributed by atoms with Gasteiger partial charge in [0.1, 0.15) is 17.2 Å². The van der Waals surface area contributed by atoms with Crippen LogP contribution in [-0.4, -0.2) is 47.5 Å². The molecule has 9 nitrogen and oxygen atoms in total. The van der Waals surface area contributed by atoms with E-state index in [9.17, 15) is 18.0 Å². The number of rotatable bonds is 9. The number of sulfonamides is 1. The van der Waals surface area contributed by atoms with Crippen molar-refractivity contribution in [3.05, 3.63) is 52.9 Å². The second-order valence-corrected chi connectivity index (χ2v) is 10.2. The summed E-state index contributed by atoms with van der Waals surface area (Å²) in [7, 11) is -3.75. The molecule has 1 aliphatic rings. The van der Waals surface area contributed by atoms with Gasteiger partial charge in [-0.15, -0.1) is 0 Å². The van der Waals surface area contributed by atoms with E-state index in [2.05, 4.69) is 5.32 Å². The molecule has 0 unspecified atom stereocenters. The zero-order valence-corrected chi connectivity index (χ0v) is 20.3. The Morgan fingerprint density at radius 3 is 2.35 bits per heavy atom. The van der Waals surface area contributed by atoms with Gasteiger partial charge in [-0.2, -0.15) is 4.31 Å². The number of anilines is 1. The number of nitrogens with one attached hydrogen (secondary N) is 1. The van der Waals surface area contributed by atoms with Crippen LogP contribution in [0.2, 0.25) is 0 Å². The number of benzene rings is 2. The molecular formula is C24H30N4O5S. The first-order valence-electron chi connectivity index (χ1n) is 11.6. The zero-order chi connectivity index (χ0) is 24.3. The van der Waals surface area contributed by atoms with Gasteiger partial charge in [-0.25, -0.2) is 13.2 Å². The van der Waals surface area contributed by atoms with Gasteiger partial charge in [0.15, 0.2) is 0 Å². The highest BCUT2D eigenvalue weighted by Crippen LogP contribution is 2.31. The molecule has 2 aromatic carbocycles. The summed E-state index contributed by atoms with van der Waals surface area (Å²) in [5.74, 6) is -0.165. The van der Waals surface area contributed by atoms with E-state index in [0.29, 0.717) is 37.4 Å². The summed E-state index contributed by atoms with van der Waals surface area (Å²) in [5.41, 5.74) is 1.54. The normalized spacial score (nSPS) is 14.5. The maximum absolute atomic E-state index is 13.2. The Bertz CT molecular complexity index is 1350. The van der Waals surface area contributed by atoms with E-state index in [1.807, 2.05) is 31.2 Å². The van der Waals surface area contributed by atoms with E-state index in [1.54, 1.807) is 23.6 Å². The third kappa shape index (κ3) is 4.60. The Balaban J connectivity index is 1.62. The van der Waals surface area contributed by atoms with Gasteiger partial charge in [0, 0.05) is 25.3 Å². The molecule has 10 heteroatoms. The van der Waals surface area contributed by atoms with Crippen LogP contribution in [0.3, 0.4) is 0 Å². The van der Waals surface area contributed by atoms with Crippen LogP contribution in [0.1, 0.15) is 33.1 Å². The predicted octanol–water partition coefficient (Wildman–Crippen LogP) is 3.03. The van der Waals surface area contributed by atoms with E-state index in [-0.39, 0.29) is 22.9 Å². The third-order valence-corrected chi connectivity index (χ3v) is 7.80. The molecule has 0 atom stereocenters. The van der Waals surface area contributed by atoms with Crippen molar-refractivity contribution in [2.45, 2.75) is 51.1 Å². The van der Waals surface area contributed by atoms with Gasteiger partial charge in [0.2, 0.25) is 15.9 Å². The lowest BCUT2D eigenvalue weighted by molar-refractivity contribution is -0.116. The van der Waals surface area contributed by atoms with Gasteiger partial charge < -0.3 is 10.1 Å². The summed E-state index contributed by atoms with van der Waals surface area (Å²) >= 11 is 0. The monoisotopic (exact) mass is 486 g/mol. The maximum atomic E-state index is 13.2. The van der Waals surface area contributed by atoms with E-state index < -0.39 is 15.9 Å². The van der Waals surface area contributed by atoms with Crippen LogP contribution >= 0.6 is 0 Å². The molecule has 4 rings (SSSR count). The molecule has 0 bridgehead atoms. The number of carbonyl (C=O) groups is 1. The van der Waals surface area contributed by atoms with Crippen LogP contribution in [0.4, 0.5) is 5.69 Å². The minimum Gasteiger partial charge on any atom is -0.492 e. The van der Waals surface area contributed by atoms with Crippen molar-refractivity contribution in [3.63, 3.8) is 0 Å². The summed E-state index contributed by atoms with van der Waals surface area (Å²) < 4.78 is 36.5. The van der Waals surface area contributed by atoms with Gasteiger partial charge in [0.25, 0.3) is 0 Å². The number of para-hydroxylation sites is 2. The van der Waals surface area contributed by atoms with Crippen LogP contribution in [0.15, 0.2) is 52.2 Å². The van der Waals surface area contributed by atoms with Crippen LogP contribution < -0.4 is 15.7 Å². The number of aryl methyl sites for hydroxylation is 1. The average molecular weight is 487 g/mol. The van der Waals surface area contributed by atoms with Crippen molar-refractivity contribution in [1.29, 1.82) is 0 Å². The molecule has 1 aromatic heterocycles. The lowest BCUT2D eigenvalue weighted by Crippen LogP contribution is -2.30. The number of nitrogens with zero attached hydrogens (tertiary/aromatic N) is 3. The number of ether oxygens (including phenoxy) is 1. The molecule has 3 aromatic rings. The summed E-state index contributed by atoms with van der Waals surface area (Å²) in [6, 6.07) is 12.0. The Labute approximate surface area is 199 Å². The molecule has 0 aliphatic carbocycles. The van der Waals surface area contributed by atoms with Gasteiger partial charge in [0.05, 0.1) is 17.6 Å². The molecule has 2 heterocycles. The van der Waals surface area contributed by atoms with E-state index >= 15 is 0 Å². The minimum atomic E-state index is -3.75. The molecule has 34 heavy (non-hydrogen) atoms. The smallest absolute Gasteiger partial charge is 0.329 e. The van der Waals surface area contributed by atoms with E-state index in [0.717, 1.165) is 24.8 Å². The van der Waals surface area contributed by atoms with Crippen molar-refractivity contribution in [2.24, 2.45) is 0 Å². The Hall–Kier alpha value is -3.11. The highest BCUT2D eigenvalue weighted by Gasteiger charge is 2.30. The fourth-order valence-corrected chi connectivity index (χ4v) is 6.01. The molecule has 1 fully saturated rings. The van der Waals surface area contributed by atoms with Crippen LogP contribution in [0.25, 0.3) is 11.0 Å². The SMILES string of the molecule is CCCn1c(=O)n(CC(=O)Nc2ccc(OCC)c(S(=O)(=O)N3CCCC3)c2)c2ccccc21. The van der Waals surface area contributed by atoms with Gasteiger partial charge in [-0.1, -0.05) is 19.1 Å². The fourth-order valence-electron chi connectivity index (χ4n) is 4.34. The first kappa shape index (κ1) is 24.0. The van der Waals surface area contributed by atoms with Crippen molar-refractivity contribution >= 4 is 32.7 Å². The molecule has 0 spiro atoms. The van der Waals surface area contributed by atoms with Crippen LogP contribution in [0.5, 0.6) is 5.75 Å². The van der Waals surface area contributed by atoms with Gasteiger partial charge >= 0.3 is 5.69 Å². The average Bonchev–Trinajstić information content (AvgIpc) is 3.45. The van der Waals surface area contributed by atoms with Crippen LogP contribution in [0, 0.1) is 0 Å². The second kappa shape index (κ2) is 10.0. The topological polar surface area (TPSA) is 103 Å². The highest BCUT2D eigenvalue weighted by molar-refractivity contribution is 7.89. The van der Waals surface area contributed by atoms with Gasteiger partial charge in [-0.3, -0.25) is 13.9 Å². The summed E-state index contributed by atoms with van der Waals surface area (Å²) in [5, 5.41) is 2.75. The second-order valence-electron chi connectivity index (χ2n) is 8.26. The molecule has 0 radical (unpaired) electrons. The third-order valence-electron chi connectivity index (χ3n) is 5.88. The number of amides is 1. The van der Waals surface area contributed by atoms with E-state index in [1.165, 1.54) is 14.9 Å². The Kier molecular flexibility index (Phi) is 7.08. The van der Waals surface area contributed by atoms with Crippen molar-refractivity contribution < 1.29 is 17.9 Å².